The van der Waals surface area contributed by atoms with Gasteiger partial charge < -0.3 is 29.7 Å². The second-order valence-electron chi connectivity index (χ2n) is 17.4. The minimum absolute atomic E-state index is 0.00866. The quantitative estimate of drug-likeness (QED) is 0.0866. The van der Waals surface area contributed by atoms with Crippen LogP contribution < -0.4 is 24.8 Å². The lowest BCUT2D eigenvalue weighted by Crippen LogP contribution is -2.55. The summed E-state index contributed by atoms with van der Waals surface area (Å²) in [5.74, 6) is -0.829. The Labute approximate surface area is 370 Å². The number of amides is 4. The summed E-state index contributed by atoms with van der Waals surface area (Å²) in [4.78, 5) is 62.6. The molecule has 4 aromatic rings. The molecule has 4 amide bonds. The Bertz CT molecular complexity index is 2400. The zero-order valence-electron chi connectivity index (χ0n) is 36.9. The molecule has 2 fully saturated rings. The minimum Gasteiger partial charge on any atom is -0.497 e. The van der Waals surface area contributed by atoms with Crippen LogP contribution in [0.5, 0.6) is 11.5 Å². The lowest BCUT2D eigenvalue weighted by atomic mass is 9.94. The standard InChI is InChI=1S/C48H59N5O9S/c1-8-31(9-2)21-24-38(51-46(57)62-47(4,5)6)44(55)53-29-35(61-42-27-39(32-17-13-11-14-18-32)50-40-25-34(60-7)22-23-37(40)42)26-41(53)43(54)49-30-48(28-33(48)10-3)45(56)52-63(58,59)36-19-15-12-16-20-36/h10-20,22-23,25,27,31,33,35,38,41H,3,8-9,21,24,26,28-30H2,1-2,4-7H3,(H,49,54)(H,51,57)(H,52,56). The fourth-order valence-corrected chi connectivity index (χ4v) is 9.23. The number of benzene rings is 3. The van der Waals surface area contributed by atoms with Crippen LogP contribution in [0.1, 0.15) is 73.1 Å². The summed E-state index contributed by atoms with van der Waals surface area (Å²) in [5, 5.41) is 6.39. The van der Waals surface area contributed by atoms with Crippen LogP contribution in [0.15, 0.2) is 102 Å². The molecule has 5 unspecified atom stereocenters. The van der Waals surface area contributed by atoms with E-state index >= 15 is 0 Å². The number of fused-ring (bicyclic) bond motifs is 1. The third-order valence-electron chi connectivity index (χ3n) is 11.9. The maximum atomic E-state index is 14.8. The summed E-state index contributed by atoms with van der Waals surface area (Å²) in [5.41, 5.74) is 0.00581. The molecule has 5 atom stereocenters. The van der Waals surface area contributed by atoms with Gasteiger partial charge in [-0.1, -0.05) is 81.3 Å². The van der Waals surface area contributed by atoms with Gasteiger partial charge in [-0.3, -0.25) is 14.4 Å². The molecule has 0 spiro atoms. The van der Waals surface area contributed by atoms with Crippen LogP contribution in [0, 0.1) is 17.3 Å². The first-order valence-electron chi connectivity index (χ1n) is 21.5. The predicted molar refractivity (Wildman–Crippen MR) is 240 cm³/mol. The number of sulfonamides is 1. The number of rotatable bonds is 18. The second kappa shape index (κ2) is 19.6. The summed E-state index contributed by atoms with van der Waals surface area (Å²) in [6, 6.07) is 22.4. The third-order valence-corrected chi connectivity index (χ3v) is 13.3. The van der Waals surface area contributed by atoms with E-state index in [4.69, 9.17) is 19.2 Å². The normalized spacial score (nSPS) is 20.1. The summed E-state index contributed by atoms with van der Waals surface area (Å²) in [7, 11) is -2.63. The molecule has 15 heteroatoms. The highest BCUT2D eigenvalue weighted by Crippen LogP contribution is 2.53. The number of nitrogens with one attached hydrogen (secondary N) is 3. The van der Waals surface area contributed by atoms with E-state index in [0.29, 0.717) is 46.9 Å². The van der Waals surface area contributed by atoms with Crippen LogP contribution in [0.4, 0.5) is 4.79 Å². The van der Waals surface area contributed by atoms with Crippen LogP contribution in [0.2, 0.25) is 0 Å². The zero-order valence-corrected chi connectivity index (χ0v) is 37.7. The van der Waals surface area contributed by atoms with Crippen molar-refractivity contribution < 1.29 is 41.8 Å². The van der Waals surface area contributed by atoms with Crippen molar-refractivity contribution in [3.8, 4) is 22.8 Å². The number of nitrogens with zero attached hydrogens (tertiary/aromatic N) is 2. The first-order valence-corrected chi connectivity index (χ1v) is 23.0. The van der Waals surface area contributed by atoms with E-state index in [2.05, 4.69) is 35.8 Å². The number of allylic oxidation sites excluding steroid dienone is 1. The highest BCUT2D eigenvalue weighted by molar-refractivity contribution is 7.90. The number of carbonyl (C=O) groups is 4. The van der Waals surface area contributed by atoms with Crippen molar-refractivity contribution in [2.45, 2.75) is 102 Å². The van der Waals surface area contributed by atoms with Gasteiger partial charge in [0.2, 0.25) is 17.7 Å². The number of alkyl carbamates (subject to hydrolysis) is 1. The summed E-state index contributed by atoms with van der Waals surface area (Å²) >= 11 is 0. The molecule has 6 rings (SSSR count). The zero-order chi connectivity index (χ0) is 45.5. The highest BCUT2D eigenvalue weighted by Gasteiger charge is 2.59. The molecule has 2 aliphatic rings. The van der Waals surface area contributed by atoms with E-state index in [1.807, 2.05) is 48.5 Å². The first-order chi connectivity index (χ1) is 30.0. The SMILES string of the molecule is C=CC1CC1(CNC(=O)C1CC(Oc2cc(-c3ccccc3)nc3cc(OC)ccc23)CN1C(=O)C(CCC(CC)CC)NC(=O)OC(C)(C)C)C(=O)NS(=O)(=O)c1ccccc1. The van der Waals surface area contributed by atoms with Crippen LogP contribution in [-0.2, 0) is 29.1 Å². The number of carbonyl (C=O) groups excluding carboxylic acids is 4. The minimum atomic E-state index is -4.21. The van der Waals surface area contributed by atoms with Crippen molar-refractivity contribution in [3.05, 3.63) is 97.6 Å². The number of hydrogen-bond donors (Lipinski definition) is 3. The molecule has 0 radical (unpaired) electrons. The molecule has 1 aliphatic heterocycles. The van der Waals surface area contributed by atoms with Crippen molar-refractivity contribution in [1.82, 2.24) is 25.2 Å². The summed E-state index contributed by atoms with van der Waals surface area (Å²) in [6.07, 6.45) is 3.16. The predicted octanol–water partition coefficient (Wildman–Crippen LogP) is 7.18. The molecular formula is C48H59N5O9S. The molecule has 63 heavy (non-hydrogen) atoms. The molecule has 336 valence electrons. The van der Waals surface area contributed by atoms with Gasteiger partial charge in [0, 0.05) is 36.0 Å². The Morgan fingerprint density at radius 3 is 2.27 bits per heavy atom. The van der Waals surface area contributed by atoms with E-state index in [0.717, 1.165) is 18.4 Å². The van der Waals surface area contributed by atoms with E-state index in [-0.39, 0.29) is 30.8 Å². The van der Waals surface area contributed by atoms with Gasteiger partial charge in [0.15, 0.2) is 0 Å². The topological polar surface area (TPSA) is 182 Å². The van der Waals surface area contributed by atoms with Gasteiger partial charge >= 0.3 is 6.09 Å². The maximum absolute atomic E-state index is 14.8. The van der Waals surface area contributed by atoms with Crippen molar-refractivity contribution in [1.29, 1.82) is 0 Å². The molecule has 14 nitrogen and oxygen atoms in total. The molecule has 1 saturated heterocycles. The van der Waals surface area contributed by atoms with Crippen LogP contribution in [-0.4, -0.2) is 86.1 Å². The van der Waals surface area contributed by atoms with Crippen molar-refractivity contribution in [2.24, 2.45) is 17.3 Å². The first kappa shape index (κ1) is 46.5. The van der Waals surface area contributed by atoms with Gasteiger partial charge in [-0.15, -0.1) is 6.58 Å². The number of ether oxygens (including phenoxy) is 3. The number of methoxy groups -OCH3 is 1. The fraction of sp³-hybridized carbons (Fsp3) is 0.438. The molecule has 1 aliphatic carbocycles. The van der Waals surface area contributed by atoms with E-state index < -0.39 is 69.0 Å². The molecule has 0 bridgehead atoms. The average molecular weight is 882 g/mol. The summed E-state index contributed by atoms with van der Waals surface area (Å²) < 4.78 is 46.4. The van der Waals surface area contributed by atoms with Crippen LogP contribution in [0.25, 0.3) is 22.2 Å². The lowest BCUT2D eigenvalue weighted by Gasteiger charge is -2.30. The Hall–Kier alpha value is -5.96. The summed E-state index contributed by atoms with van der Waals surface area (Å²) in [6.45, 7) is 13.0. The van der Waals surface area contributed by atoms with Gasteiger partial charge in [0.1, 0.15) is 35.3 Å². The van der Waals surface area contributed by atoms with E-state index in [9.17, 15) is 27.6 Å². The number of likely N-dealkylation sites (tertiary alicyclic amines) is 1. The van der Waals surface area contributed by atoms with Crippen molar-refractivity contribution >= 4 is 44.7 Å². The van der Waals surface area contributed by atoms with Gasteiger partial charge in [-0.25, -0.2) is 22.9 Å². The van der Waals surface area contributed by atoms with Crippen LogP contribution in [0.3, 0.4) is 0 Å². The number of hydrogen-bond acceptors (Lipinski definition) is 10. The Balaban J connectivity index is 1.31. The molecule has 3 N–H and O–H groups in total. The Morgan fingerprint density at radius 2 is 1.65 bits per heavy atom. The van der Waals surface area contributed by atoms with Crippen LogP contribution >= 0.6 is 0 Å². The Morgan fingerprint density at radius 1 is 0.968 bits per heavy atom. The van der Waals surface area contributed by atoms with Gasteiger partial charge in [-0.2, -0.15) is 0 Å². The lowest BCUT2D eigenvalue weighted by molar-refractivity contribution is -0.140. The second-order valence-corrected chi connectivity index (χ2v) is 19.0. The highest BCUT2D eigenvalue weighted by atomic mass is 32.2. The van der Waals surface area contributed by atoms with Gasteiger partial charge in [0.25, 0.3) is 10.0 Å². The maximum Gasteiger partial charge on any atom is 0.408 e. The van der Waals surface area contributed by atoms with E-state index in [1.165, 1.54) is 17.0 Å². The van der Waals surface area contributed by atoms with Gasteiger partial charge in [0.05, 0.1) is 35.2 Å². The average Bonchev–Trinajstić information content (AvgIpc) is 3.85. The number of pyridine rings is 1. The molecular weight excluding hydrogens is 823 g/mol. The molecule has 3 aromatic carbocycles. The number of aromatic nitrogens is 1. The van der Waals surface area contributed by atoms with E-state index in [1.54, 1.807) is 58.2 Å². The molecule has 2 heterocycles. The van der Waals surface area contributed by atoms with Crippen molar-refractivity contribution in [2.75, 3.05) is 20.2 Å². The largest absolute Gasteiger partial charge is 0.497 e. The third kappa shape index (κ3) is 11.2. The molecule has 1 aromatic heterocycles. The molecule has 1 saturated carbocycles. The van der Waals surface area contributed by atoms with Gasteiger partial charge in [-0.05, 0) is 76.1 Å². The van der Waals surface area contributed by atoms with Crippen molar-refractivity contribution in [3.63, 3.8) is 0 Å². The Kier molecular flexibility index (Phi) is 14.5. The monoisotopic (exact) mass is 881 g/mol. The smallest absolute Gasteiger partial charge is 0.408 e. The fourth-order valence-electron chi connectivity index (χ4n) is 8.15.